The third-order valence-corrected chi connectivity index (χ3v) is 5.03. The van der Waals surface area contributed by atoms with Crippen LogP contribution in [0.3, 0.4) is 0 Å². The number of likely N-dealkylation sites (N-methyl/N-ethyl adjacent to an activating group) is 2. The van der Waals surface area contributed by atoms with Crippen molar-refractivity contribution in [1.82, 2.24) is 9.62 Å². The zero-order valence-corrected chi connectivity index (χ0v) is 13.9. The molecule has 1 rings (SSSR count). The van der Waals surface area contributed by atoms with Crippen LogP contribution in [0.5, 0.6) is 5.75 Å². The van der Waals surface area contributed by atoms with Gasteiger partial charge in [0.1, 0.15) is 10.6 Å². The van der Waals surface area contributed by atoms with Crippen LogP contribution in [-0.2, 0) is 14.8 Å². The smallest absolute Gasteiger partial charge is 0.246 e. The summed E-state index contributed by atoms with van der Waals surface area (Å²) in [5.74, 6) is -0.0628. The average Bonchev–Trinajstić information content (AvgIpc) is 2.41. The van der Waals surface area contributed by atoms with E-state index < -0.39 is 10.0 Å². The van der Waals surface area contributed by atoms with Gasteiger partial charge in [0, 0.05) is 13.6 Å². The molecule has 0 aliphatic rings. The van der Waals surface area contributed by atoms with Gasteiger partial charge in [-0.1, -0.05) is 0 Å². The standard InChI is InChI=1S/C14H22N2O4S/c1-6-15-14(17)9-16(4)21(18,19)13-8-11(3)10(2)7-12(13)20-5/h7-8H,6,9H2,1-5H3,(H,15,17). The molecule has 0 fully saturated rings. The van der Waals surface area contributed by atoms with Gasteiger partial charge < -0.3 is 10.1 Å². The number of aryl methyl sites for hydroxylation is 2. The molecular weight excluding hydrogens is 292 g/mol. The van der Waals surface area contributed by atoms with Gasteiger partial charge in [-0.25, -0.2) is 8.42 Å². The first-order valence-corrected chi connectivity index (χ1v) is 8.06. The molecule has 6 nitrogen and oxygen atoms in total. The zero-order chi connectivity index (χ0) is 16.2. The van der Waals surface area contributed by atoms with Crippen LogP contribution >= 0.6 is 0 Å². The molecule has 1 amide bonds. The van der Waals surface area contributed by atoms with E-state index in [2.05, 4.69) is 5.32 Å². The molecule has 0 bridgehead atoms. The van der Waals surface area contributed by atoms with E-state index in [0.29, 0.717) is 6.54 Å². The molecule has 0 aliphatic carbocycles. The minimum absolute atomic E-state index is 0.0694. The van der Waals surface area contributed by atoms with Crippen molar-refractivity contribution in [2.45, 2.75) is 25.7 Å². The number of ether oxygens (including phenoxy) is 1. The van der Waals surface area contributed by atoms with Crippen LogP contribution in [0.15, 0.2) is 17.0 Å². The van der Waals surface area contributed by atoms with E-state index in [-0.39, 0.29) is 23.1 Å². The SMILES string of the molecule is CCNC(=O)CN(C)S(=O)(=O)c1cc(C)c(C)cc1OC. The molecule has 0 saturated carbocycles. The Kier molecular flexibility index (Phi) is 5.74. The Hall–Kier alpha value is -1.60. The van der Waals surface area contributed by atoms with Crippen LogP contribution in [0.25, 0.3) is 0 Å². The normalized spacial score (nSPS) is 11.5. The van der Waals surface area contributed by atoms with E-state index in [1.165, 1.54) is 14.2 Å². The molecule has 0 unspecified atom stereocenters. The molecule has 0 atom stereocenters. The maximum atomic E-state index is 12.6. The maximum absolute atomic E-state index is 12.6. The number of hydrogen-bond donors (Lipinski definition) is 1. The Balaban J connectivity index is 3.18. The monoisotopic (exact) mass is 314 g/mol. The summed E-state index contributed by atoms with van der Waals surface area (Å²) in [7, 11) is -0.989. The first-order valence-electron chi connectivity index (χ1n) is 6.62. The lowest BCUT2D eigenvalue weighted by atomic mass is 10.1. The van der Waals surface area contributed by atoms with Gasteiger partial charge in [-0.2, -0.15) is 4.31 Å². The lowest BCUT2D eigenvalue weighted by Crippen LogP contribution is -2.38. The van der Waals surface area contributed by atoms with Crippen molar-refractivity contribution in [3.63, 3.8) is 0 Å². The highest BCUT2D eigenvalue weighted by Gasteiger charge is 2.26. The lowest BCUT2D eigenvalue weighted by Gasteiger charge is -2.19. The number of nitrogens with zero attached hydrogens (tertiary/aromatic N) is 1. The summed E-state index contributed by atoms with van der Waals surface area (Å²) in [6, 6.07) is 3.25. The van der Waals surface area contributed by atoms with Gasteiger partial charge in [-0.3, -0.25) is 4.79 Å². The Bertz CT molecular complexity index is 626. The van der Waals surface area contributed by atoms with Gasteiger partial charge >= 0.3 is 0 Å². The maximum Gasteiger partial charge on any atom is 0.246 e. The van der Waals surface area contributed by atoms with Gasteiger partial charge in [0.2, 0.25) is 15.9 Å². The summed E-state index contributed by atoms with van der Waals surface area (Å²) in [6.07, 6.45) is 0. The molecule has 0 aliphatic heterocycles. The molecular formula is C14H22N2O4S. The summed E-state index contributed by atoms with van der Waals surface area (Å²) in [4.78, 5) is 11.6. The van der Waals surface area contributed by atoms with E-state index in [1.54, 1.807) is 19.1 Å². The molecule has 118 valence electrons. The fraction of sp³-hybridized carbons (Fsp3) is 0.500. The third-order valence-electron chi connectivity index (χ3n) is 3.21. The third kappa shape index (κ3) is 3.95. The van der Waals surface area contributed by atoms with Crippen molar-refractivity contribution < 1.29 is 17.9 Å². The Morgan fingerprint density at radius 2 is 1.86 bits per heavy atom. The number of carbonyl (C=O) groups is 1. The number of rotatable bonds is 6. The molecule has 21 heavy (non-hydrogen) atoms. The summed E-state index contributed by atoms with van der Waals surface area (Å²) in [5, 5.41) is 2.57. The van der Waals surface area contributed by atoms with Crippen LogP contribution in [0, 0.1) is 13.8 Å². The highest BCUT2D eigenvalue weighted by molar-refractivity contribution is 7.89. The van der Waals surface area contributed by atoms with E-state index >= 15 is 0 Å². The van der Waals surface area contributed by atoms with E-state index in [1.807, 2.05) is 13.8 Å². The summed E-state index contributed by atoms with van der Waals surface area (Å²) in [5.41, 5.74) is 1.79. The van der Waals surface area contributed by atoms with Gasteiger partial charge in [0.25, 0.3) is 0 Å². The van der Waals surface area contributed by atoms with Crippen molar-refractivity contribution in [3.05, 3.63) is 23.3 Å². The fourth-order valence-corrected chi connectivity index (χ4v) is 3.18. The number of nitrogens with one attached hydrogen (secondary N) is 1. The predicted molar refractivity (Wildman–Crippen MR) is 81.0 cm³/mol. The molecule has 1 N–H and O–H groups in total. The minimum atomic E-state index is -3.79. The fourth-order valence-electron chi connectivity index (χ4n) is 1.83. The second-order valence-electron chi connectivity index (χ2n) is 4.80. The quantitative estimate of drug-likeness (QED) is 0.852. The van der Waals surface area contributed by atoms with Crippen molar-refractivity contribution in [2.75, 3.05) is 27.2 Å². The summed E-state index contributed by atoms with van der Waals surface area (Å²) in [6.45, 7) is 5.72. The number of carbonyl (C=O) groups excluding carboxylic acids is 1. The number of sulfonamides is 1. The number of benzene rings is 1. The Labute approximate surface area is 126 Å². The zero-order valence-electron chi connectivity index (χ0n) is 13.1. The number of amides is 1. The molecule has 0 heterocycles. The van der Waals surface area contributed by atoms with Gasteiger partial charge in [-0.05, 0) is 44.0 Å². The molecule has 0 saturated heterocycles. The summed E-state index contributed by atoms with van der Waals surface area (Å²) >= 11 is 0. The molecule has 0 aromatic heterocycles. The van der Waals surface area contributed by atoms with Gasteiger partial charge in [0.15, 0.2) is 0 Å². The van der Waals surface area contributed by atoms with E-state index in [4.69, 9.17) is 4.74 Å². The molecule has 0 spiro atoms. The first-order chi connectivity index (χ1) is 9.73. The van der Waals surface area contributed by atoms with Crippen molar-refractivity contribution in [2.24, 2.45) is 0 Å². The first kappa shape index (κ1) is 17.5. The number of hydrogen-bond acceptors (Lipinski definition) is 4. The van der Waals surface area contributed by atoms with Crippen LogP contribution in [0.2, 0.25) is 0 Å². The average molecular weight is 314 g/mol. The second kappa shape index (κ2) is 6.91. The summed E-state index contributed by atoms with van der Waals surface area (Å²) < 4.78 is 31.3. The second-order valence-corrected chi connectivity index (χ2v) is 6.82. The van der Waals surface area contributed by atoms with Crippen LogP contribution < -0.4 is 10.1 Å². The minimum Gasteiger partial charge on any atom is -0.495 e. The number of methoxy groups -OCH3 is 1. The topological polar surface area (TPSA) is 75.7 Å². The lowest BCUT2D eigenvalue weighted by molar-refractivity contribution is -0.121. The van der Waals surface area contributed by atoms with E-state index in [0.717, 1.165) is 15.4 Å². The molecule has 7 heteroatoms. The van der Waals surface area contributed by atoms with Crippen LogP contribution in [-0.4, -0.2) is 45.9 Å². The molecule has 0 radical (unpaired) electrons. The van der Waals surface area contributed by atoms with Crippen molar-refractivity contribution in [1.29, 1.82) is 0 Å². The Morgan fingerprint density at radius 3 is 2.38 bits per heavy atom. The Morgan fingerprint density at radius 1 is 1.29 bits per heavy atom. The predicted octanol–water partition coefficient (Wildman–Crippen LogP) is 1.07. The highest BCUT2D eigenvalue weighted by Crippen LogP contribution is 2.29. The van der Waals surface area contributed by atoms with Crippen LogP contribution in [0.4, 0.5) is 0 Å². The van der Waals surface area contributed by atoms with Crippen molar-refractivity contribution >= 4 is 15.9 Å². The van der Waals surface area contributed by atoms with Crippen LogP contribution in [0.1, 0.15) is 18.1 Å². The molecule has 1 aromatic rings. The largest absolute Gasteiger partial charge is 0.495 e. The van der Waals surface area contributed by atoms with Gasteiger partial charge in [0.05, 0.1) is 13.7 Å². The highest BCUT2D eigenvalue weighted by atomic mass is 32.2. The van der Waals surface area contributed by atoms with Gasteiger partial charge in [-0.15, -0.1) is 0 Å². The van der Waals surface area contributed by atoms with Crippen molar-refractivity contribution in [3.8, 4) is 5.75 Å². The van der Waals surface area contributed by atoms with E-state index in [9.17, 15) is 13.2 Å². The molecule has 1 aromatic carbocycles.